The molecule has 0 spiro atoms. The highest BCUT2D eigenvalue weighted by Crippen LogP contribution is 2.22. The summed E-state index contributed by atoms with van der Waals surface area (Å²) in [6.45, 7) is 2.30. The lowest BCUT2D eigenvalue weighted by atomic mass is 10.1. The van der Waals surface area contributed by atoms with E-state index in [2.05, 4.69) is 23.0 Å². The fraction of sp³-hybridized carbons (Fsp3) is 0.800. The molecule has 3 heteroatoms. The molecule has 1 rings (SSSR count). The van der Waals surface area contributed by atoms with Crippen molar-refractivity contribution < 1.29 is 0 Å². The van der Waals surface area contributed by atoms with E-state index in [1.54, 1.807) is 0 Å². The van der Waals surface area contributed by atoms with Gasteiger partial charge in [0.2, 0.25) is 0 Å². The van der Waals surface area contributed by atoms with Gasteiger partial charge >= 0.3 is 0 Å². The molecular formula is C10H17NS2. The van der Waals surface area contributed by atoms with Gasteiger partial charge in [-0.2, -0.15) is 11.8 Å². The summed E-state index contributed by atoms with van der Waals surface area (Å²) in [5, 5.41) is 3.48. The van der Waals surface area contributed by atoms with Gasteiger partial charge in [-0.15, -0.1) is 18.2 Å². The monoisotopic (exact) mass is 215 g/mol. The minimum absolute atomic E-state index is 0.848. The minimum Gasteiger partial charge on any atom is -0.316 e. The second kappa shape index (κ2) is 7.61. The molecule has 0 aromatic carbocycles. The number of nitrogens with one attached hydrogen (secondary N) is 1. The van der Waals surface area contributed by atoms with E-state index >= 15 is 0 Å². The summed E-state index contributed by atoms with van der Waals surface area (Å²) in [7, 11) is 0. The van der Waals surface area contributed by atoms with Crippen molar-refractivity contribution in [3.63, 3.8) is 0 Å². The molecule has 0 aromatic heterocycles. The van der Waals surface area contributed by atoms with Crippen molar-refractivity contribution in [2.75, 3.05) is 36.1 Å². The van der Waals surface area contributed by atoms with Gasteiger partial charge < -0.3 is 5.32 Å². The first-order valence-corrected chi connectivity index (χ1v) is 7.04. The summed E-state index contributed by atoms with van der Waals surface area (Å²) in [6, 6.07) is 0. The van der Waals surface area contributed by atoms with Crippen LogP contribution in [0, 0.1) is 18.3 Å². The average molecular weight is 215 g/mol. The van der Waals surface area contributed by atoms with E-state index in [1.807, 2.05) is 11.8 Å². The van der Waals surface area contributed by atoms with Crippen LogP contribution in [0.5, 0.6) is 0 Å². The van der Waals surface area contributed by atoms with Crippen LogP contribution in [-0.2, 0) is 0 Å². The average Bonchev–Trinajstić information content (AvgIpc) is 2.63. The zero-order valence-corrected chi connectivity index (χ0v) is 9.55. The summed E-state index contributed by atoms with van der Waals surface area (Å²) >= 11 is 3.91. The highest BCUT2D eigenvalue weighted by molar-refractivity contribution is 7.99. The summed E-state index contributed by atoms with van der Waals surface area (Å²) < 4.78 is 0. The van der Waals surface area contributed by atoms with Crippen LogP contribution < -0.4 is 5.32 Å². The quantitative estimate of drug-likeness (QED) is 0.535. The third kappa shape index (κ3) is 5.51. The molecule has 1 heterocycles. The first-order valence-electron chi connectivity index (χ1n) is 4.73. The summed E-state index contributed by atoms with van der Waals surface area (Å²) in [5.41, 5.74) is 0. The Hall–Kier alpha value is 0.220. The molecule has 0 amide bonds. The first kappa shape index (κ1) is 11.3. The van der Waals surface area contributed by atoms with Crippen LogP contribution in [0.2, 0.25) is 0 Å². The van der Waals surface area contributed by atoms with E-state index in [4.69, 9.17) is 6.42 Å². The molecule has 13 heavy (non-hydrogen) atoms. The summed E-state index contributed by atoms with van der Waals surface area (Å²) in [5.74, 6) is 8.25. The van der Waals surface area contributed by atoms with Gasteiger partial charge in [-0.25, -0.2) is 0 Å². The molecule has 1 fully saturated rings. The highest BCUT2D eigenvalue weighted by atomic mass is 32.2. The first-order chi connectivity index (χ1) is 6.43. The molecule has 1 unspecified atom stereocenters. The molecule has 1 N–H and O–H groups in total. The maximum atomic E-state index is 5.15. The van der Waals surface area contributed by atoms with Gasteiger partial charge in [-0.1, -0.05) is 5.92 Å². The largest absolute Gasteiger partial charge is 0.316 e. The predicted molar refractivity (Wildman–Crippen MR) is 64.5 cm³/mol. The van der Waals surface area contributed by atoms with E-state index in [0.29, 0.717) is 0 Å². The smallest absolute Gasteiger partial charge is 0.0545 e. The lowest BCUT2D eigenvalue weighted by molar-refractivity contribution is 0.536. The van der Waals surface area contributed by atoms with Gasteiger partial charge in [0.25, 0.3) is 0 Å². The van der Waals surface area contributed by atoms with Crippen molar-refractivity contribution >= 4 is 23.5 Å². The van der Waals surface area contributed by atoms with Gasteiger partial charge in [0.1, 0.15) is 0 Å². The number of terminal acetylenes is 1. The summed E-state index contributed by atoms with van der Waals surface area (Å²) in [4.78, 5) is 0. The third-order valence-electron chi connectivity index (χ3n) is 2.07. The highest BCUT2D eigenvalue weighted by Gasteiger charge is 2.13. The van der Waals surface area contributed by atoms with Crippen LogP contribution in [0.3, 0.4) is 0 Å². The molecule has 1 atom stereocenters. The Morgan fingerprint density at radius 3 is 3.23 bits per heavy atom. The van der Waals surface area contributed by atoms with Crippen LogP contribution in [0.4, 0.5) is 0 Å². The fourth-order valence-corrected chi connectivity index (χ4v) is 3.16. The minimum atomic E-state index is 0.848. The lowest BCUT2D eigenvalue weighted by Crippen LogP contribution is -2.24. The van der Waals surface area contributed by atoms with Gasteiger partial charge in [-0.05, 0) is 30.4 Å². The zero-order chi connectivity index (χ0) is 9.36. The van der Waals surface area contributed by atoms with Crippen LogP contribution in [0.15, 0.2) is 0 Å². The van der Waals surface area contributed by atoms with Gasteiger partial charge in [0.05, 0.1) is 5.75 Å². The van der Waals surface area contributed by atoms with Crippen LogP contribution in [0.25, 0.3) is 0 Å². The Morgan fingerprint density at radius 2 is 2.54 bits per heavy atom. The Balaban J connectivity index is 1.81. The van der Waals surface area contributed by atoms with Crippen molar-refractivity contribution in [1.82, 2.24) is 5.32 Å². The Morgan fingerprint density at radius 1 is 1.62 bits per heavy atom. The van der Waals surface area contributed by atoms with E-state index in [1.165, 1.54) is 24.5 Å². The molecule has 0 aromatic rings. The van der Waals surface area contributed by atoms with E-state index < -0.39 is 0 Å². The third-order valence-corrected chi connectivity index (χ3v) is 4.16. The van der Waals surface area contributed by atoms with E-state index in [9.17, 15) is 0 Å². The second-order valence-electron chi connectivity index (χ2n) is 3.19. The standard InChI is InChI=1S/C10H17NS2/c1-2-5-12-7-4-11-8-10-3-6-13-9-10/h1,10-11H,3-9H2. The number of hydrogen-bond acceptors (Lipinski definition) is 3. The molecule has 0 bridgehead atoms. The SMILES string of the molecule is C#CCSCCNCC1CCSC1. The number of thioether (sulfide) groups is 2. The van der Waals surface area contributed by atoms with Crippen molar-refractivity contribution in [1.29, 1.82) is 0 Å². The summed E-state index contributed by atoms with van der Waals surface area (Å²) in [6.07, 6.45) is 6.55. The van der Waals surface area contributed by atoms with Crippen molar-refractivity contribution in [3.05, 3.63) is 0 Å². The molecular weight excluding hydrogens is 198 g/mol. The predicted octanol–water partition coefficient (Wildman–Crippen LogP) is 1.70. The normalized spacial score (nSPS) is 21.6. The molecule has 1 aliphatic rings. The maximum Gasteiger partial charge on any atom is 0.0545 e. The van der Waals surface area contributed by atoms with E-state index in [0.717, 1.165) is 24.0 Å². The van der Waals surface area contributed by atoms with Crippen molar-refractivity contribution in [2.45, 2.75) is 6.42 Å². The van der Waals surface area contributed by atoms with Gasteiger partial charge in [0, 0.05) is 12.3 Å². The maximum absolute atomic E-state index is 5.15. The molecule has 1 nitrogen and oxygen atoms in total. The molecule has 0 aliphatic carbocycles. The van der Waals surface area contributed by atoms with Crippen molar-refractivity contribution in [2.24, 2.45) is 5.92 Å². The van der Waals surface area contributed by atoms with Gasteiger partial charge in [0.15, 0.2) is 0 Å². The van der Waals surface area contributed by atoms with Crippen molar-refractivity contribution in [3.8, 4) is 12.3 Å². The fourth-order valence-electron chi connectivity index (χ4n) is 1.33. The van der Waals surface area contributed by atoms with Crippen LogP contribution in [-0.4, -0.2) is 36.1 Å². The topological polar surface area (TPSA) is 12.0 Å². The Labute approximate surface area is 89.8 Å². The molecule has 1 saturated heterocycles. The molecule has 0 saturated carbocycles. The molecule has 1 aliphatic heterocycles. The van der Waals surface area contributed by atoms with Crippen LogP contribution in [0.1, 0.15) is 6.42 Å². The number of rotatable bonds is 6. The van der Waals surface area contributed by atoms with E-state index in [-0.39, 0.29) is 0 Å². The lowest BCUT2D eigenvalue weighted by Gasteiger charge is -2.08. The second-order valence-corrected chi connectivity index (χ2v) is 5.45. The molecule has 74 valence electrons. The van der Waals surface area contributed by atoms with Gasteiger partial charge in [-0.3, -0.25) is 0 Å². The molecule has 0 radical (unpaired) electrons. The number of hydrogen-bond donors (Lipinski definition) is 1. The van der Waals surface area contributed by atoms with Crippen LogP contribution >= 0.6 is 23.5 Å². The Kier molecular flexibility index (Phi) is 6.61. The Bertz CT molecular complexity index is 159. The zero-order valence-electron chi connectivity index (χ0n) is 7.92.